The van der Waals surface area contributed by atoms with Crippen LogP contribution in [0.25, 0.3) is 0 Å². The molecule has 8 heteroatoms. The van der Waals surface area contributed by atoms with Gasteiger partial charge in [-0.05, 0) is 23.8 Å². The van der Waals surface area contributed by atoms with Gasteiger partial charge < -0.3 is 0 Å². The smallest absolute Gasteiger partial charge is 0.258 e. The standard InChI is InChI=1S/C14H9ClN2O4S/c15-13-7-12(17(18)19)5-6-14(13)22(20,21)9-11-3-1-10(8-16)2-4-11/h1-7H,9H2. The minimum atomic E-state index is -3.74. The summed E-state index contributed by atoms with van der Waals surface area (Å²) >= 11 is 5.85. The number of rotatable bonds is 4. The highest BCUT2D eigenvalue weighted by Crippen LogP contribution is 2.28. The van der Waals surface area contributed by atoms with E-state index in [1.807, 2.05) is 6.07 Å². The van der Waals surface area contributed by atoms with Crippen LogP contribution in [0.3, 0.4) is 0 Å². The van der Waals surface area contributed by atoms with E-state index in [2.05, 4.69) is 0 Å². The number of benzene rings is 2. The fourth-order valence-corrected chi connectivity index (χ4v) is 3.77. The molecule has 0 bridgehead atoms. The van der Waals surface area contributed by atoms with Crippen LogP contribution in [0.15, 0.2) is 47.4 Å². The van der Waals surface area contributed by atoms with Crippen molar-refractivity contribution in [2.75, 3.05) is 0 Å². The average Bonchev–Trinajstić information content (AvgIpc) is 2.47. The topological polar surface area (TPSA) is 101 Å². The van der Waals surface area contributed by atoms with Crippen molar-refractivity contribution in [2.24, 2.45) is 0 Å². The highest BCUT2D eigenvalue weighted by Gasteiger charge is 2.21. The molecule has 2 rings (SSSR count). The Kier molecular flexibility index (Phi) is 4.45. The Balaban J connectivity index is 2.34. The minimum absolute atomic E-state index is 0.163. The van der Waals surface area contributed by atoms with E-state index in [9.17, 15) is 18.5 Å². The molecule has 0 saturated carbocycles. The molecule has 0 spiro atoms. The molecule has 0 amide bonds. The Morgan fingerprint density at radius 2 is 1.82 bits per heavy atom. The van der Waals surface area contributed by atoms with Gasteiger partial charge in [0.25, 0.3) is 5.69 Å². The summed E-state index contributed by atoms with van der Waals surface area (Å²) in [7, 11) is -3.74. The van der Waals surface area contributed by atoms with Gasteiger partial charge in [-0.2, -0.15) is 5.26 Å². The van der Waals surface area contributed by atoms with Gasteiger partial charge in [-0.25, -0.2) is 8.42 Å². The van der Waals surface area contributed by atoms with Gasteiger partial charge in [0.05, 0.1) is 32.2 Å². The zero-order valence-corrected chi connectivity index (χ0v) is 12.6. The van der Waals surface area contributed by atoms with Crippen LogP contribution in [0.4, 0.5) is 5.69 Å². The predicted octanol–water partition coefficient (Wildman–Crippen LogP) is 3.09. The first-order valence-electron chi connectivity index (χ1n) is 5.99. The first-order valence-corrected chi connectivity index (χ1v) is 8.02. The zero-order valence-electron chi connectivity index (χ0n) is 11.1. The van der Waals surface area contributed by atoms with Gasteiger partial charge in [0, 0.05) is 12.1 Å². The summed E-state index contributed by atoms with van der Waals surface area (Å²) in [4.78, 5) is 9.82. The molecule has 0 heterocycles. The molecular weight excluding hydrogens is 328 g/mol. The van der Waals surface area contributed by atoms with E-state index in [4.69, 9.17) is 16.9 Å². The lowest BCUT2D eigenvalue weighted by molar-refractivity contribution is -0.384. The van der Waals surface area contributed by atoms with E-state index in [-0.39, 0.29) is 21.4 Å². The number of sulfone groups is 1. The Hall–Kier alpha value is -2.43. The number of halogens is 1. The molecule has 0 aromatic heterocycles. The van der Waals surface area contributed by atoms with E-state index in [0.717, 1.165) is 18.2 Å². The van der Waals surface area contributed by atoms with E-state index in [1.54, 1.807) is 0 Å². The predicted molar refractivity (Wildman–Crippen MR) is 80.2 cm³/mol. The molecule has 2 aromatic carbocycles. The first-order chi connectivity index (χ1) is 10.3. The molecule has 6 nitrogen and oxygen atoms in total. The van der Waals surface area contributed by atoms with Crippen LogP contribution in [0, 0.1) is 21.4 Å². The van der Waals surface area contributed by atoms with Crippen molar-refractivity contribution in [3.63, 3.8) is 0 Å². The molecular formula is C14H9ClN2O4S. The monoisotopic (exact) mass is 336 g/mol. The molecule has 0 N–H and O–H groups in total. The summed E-state index contributed by atoms with van der Waals surface area (Å²) in [6.07, 6.45) is 0. The quantitative estimate of drug-likeness (QED) is 0.630. The van der Waals surface area contributed by atoms with Gasteiger partial charge >= 0.3 is 0 Å². The Labute approximate surface area is 131 Å². The second kappa shape index (κ2) is 6.13. The van der Waals surface area contributed by atoms with Gasteiger partial charge in [-0.15, -0.1) is 0 Å². The molecule has 22 heavy (non-hydrogen) atoms. The molecule has 2 aromatic rings. The van der Waals surface area contributed by atoms with Gasteiger partial charge in [0.15, 0.2) is 9.84 Å². The molecule has 112 valence electrons. The molecule has 0 aliphatic heterocycles. The Morgan fingerprint density at radius 3 is 2.32 bits per heavy atom. The van der Waals surface area contributed by atoms with Crippen molar-refractivity contribution in [3.05, 3.63) is 68.7 Å². The highest BCUT2D eigenvalue weighted by atomic mass is 35.5. The van der Waals surface area contributed by atoms with Crippen LogP contribution >= 0.6 is 11.6 Å². The third kappa shape index (κ3) is 3.42. The minimum Gasteiger partial charge on any atom is -0.258 e. The lowest BCUT2D eigenvalue weighted by atomic mass is 10.2. The van der Waals surface area contributed by atoms with E-state index < -0.39 is 14.8 Å². The SMILES string of the molecule is N#Cc1ccc(CS(=O)(=O)c2ccc([N+](=O)[O-])cc2Cl)cc1. The molecule has 0 saturated heterocycles. The summed E-state index contributed by atoms with van der Waals surface area (Å²) in [5.41, 5.74) is 0.644. The summed E-state index contributed by atoms with van der Waals surface area (Å²) < 4.78 is 24.7. The number of nitrogens with zero attached hydrogens (tertiary/aromatic N) is 2. The number of hydrogen-bond donors (Lipinski definition) is 0. The zero-order chi connectivity index (χ0) is 16.3. The second-order valence-electron chi connectivity index (χ2n) is 4.44. The van der Waals surface area contributed by atoms with E-state index >= 15 is 0 Å². The maximum Gasteiger partial charge on any atom is 0.271 e. The van der Waals surface area contributed by atoms with Gasteiger partial charge in [0.1, 0.15) is 0 Å². The van der Waals surface area contributed by atoms with Crippen molar-refractivity contribution in [2.45, 2.75) is 10.6 Å². The number of non-ortho nitro benzene ring substituents is 1. The lowest BCUT2D eigenvalue weighted by Crippen LogP contribution is -2.06. The lowest BCUT2D eigenvalue weighted by Gasteiger charge is -2.07. The third-order valence-corrected chi connectivity index (χ3v) is 5.07. The fraction of sp³-hybridized carbons (Fsp3) is 0.0714. The number of nitro benzene ring substituents is 1. The van der Waals surface area contributed by atoms with Crippen molar-refractivity contribution in [1.82, 2.24) is 0 Å². The van der Waals surface area contributed by atoms with E-state index in [1.165, 1.54) is 24.3 Å². The van der Waals surface area contributed by atoms with Crippen LogP contribution in [0.5, 0.6) is 0 Å². The molecule has 0 atom stereocenters. The molecule has 0 fully saturated rings. The van der Waals surface area contributed by atoms with Gasteiger partial charge in [-0.1, -0.05) is 23.7 Å². The van der Waals surface area contributed by atoms with Crippen molar-refractivity contribution >= 4 is 27.1 Å². The van der Waals surface area contributed by atoms with Crippen molar-refractivity contribution in [3.8, 4) is 6.07 Å². The molecule has 0 unspecified atom stereocenters. The number of nitro groups is 1. The highest BCUT2D eigenvalue weighted by molar-refractivity contribution is 7.90. The summed E-state index contributed by atoms with van der Waals surface area (Å²) in [5, 5.41) is 19.2. The molecule has 0 aliphatic carbocycles. The largest absolute Gasteiger partial charge is 0.271 e. The first kappa shape index (κ1) is 15.9. The van der Waals surface area contributed by atoms with Crippen LogP contribution in [-0.2, 0) is 15.6 Å². The van der Waals surface area contributed by atoms with Crippen LogP contribution in [0.2, 0.25) is 5.02 Å². The fourth-order valence-electron chi connectivity index (χ4n) is 1.83. The van der Waals surface area contributed by atoms with Gasteiger partial charge in [-0.3, -0.25) is 10.1 Å². The Morgan fingerprint density at radius 1 is 1.18 bits per heavy atom. The molecule has 0 aliphatic rings. The average molecular weight is 337 g/mol. The van der Waals surface area contributed by atoms with Crippen molar-refractivity contribution in [1.29, 1.82) is 5.26 Å². The third-order valence-electron chi connectivity index (χ3n) is 2.90. The molecule has 0 radical (unpaired) electrons. The normalized spacial score (nSPS) is 10.9. The maximum absolute atomic E-state index is 12.3. The maximum atomic E-state index is 12.3. The second-order valence-corrected chi connectivity index (χ2v) is 6.80. The number of hydrogen-bond acceptors (Lipinski definition) is 5. The van der Waals surface area contributed by atoms with Crippen LogP contribution < -0.4 is 0 Å². The van der Waals surface area contributed by atoms with Crippen LogP contribution in [0.1, 0.15) is 11.1 Å². The summed E-state index contributed by atoms with van der Waals surface area (Å²) in [6.45, 7) is 0. The number of nitriles is 1. The summed E-state index contributed by atoms with van der Waals surface area (Å²) in [5.74, 6) is -0.309. The van der Waals surface area contributed by atoms with E-state index in [0.29, 0.717) is 11.1 Å². The van der Waals surface area contributed by atoms with Gasteiger partial charge in [0.2, 0.25) is 0 Å². The van der Waals surface area contributed by atoms with Crippen LogP contribution in [-0.4, -0.2) is 13.3 Å². The Bertz CT molecular complexity index is 871. The summed E-state index contributed by atoms with van der Waals surface area (Å²) in [6, 6.07) is 11.3. The van der Waals surface area contributed by atoms with Crippen molar-refractivity contribution < 1.29 is 13.3 Å².